The van der Waals surface area contributed by atoms with E-state index in [4.69, 9.17) is 14.2 Å². The van der Waals surface area contributed by atoms with Crippen molar-refractivity contribution in [1.82, 2.24) is 9.80 Å². The highest BCUT2D eigenvalue weighted by atomic mass is 16.7. The van der Waals surface area contributed by atoms with Crippen LogP contribution in [0.2, 0.25) is 0 Å². The summed E-state index contributed by atoms with van der Waals surface area (Å²) in [5.74, 6) is 1.95. The first-order chi connectivity index (χ1) is 12.6. The Balaban J connectivity index is 1.37. The molecule has 0 aliphatic carbocycles. The van der Waals surface area contributed by atoms with Crippen LogP contribution in [-0.4, -0.2) is 68.4 Å². The van der Waals surface area contributed by atoms with Gasteiger partial charge in [-0.2, -0.15) is 0 Å². The third-order valence-corrected chi connectivity index (χ3v) is 5.73. The number of benzene rings is 1. The van der Waals surface area contributed by atoms with E-state index in [1.54, 1.807) is 0 Å². The van der Waals surface area contributed by atoms with Crippen LogP contribution in [0.1, 0.15) is 25.3 Å². The minimum Gasteiger partial charge on any atom is -0.454 e. The Bertz CT molecular complexity index is 659. The normalized spacial score (nSPS) is 26.3. The summed E-state index contributed by atoms with van der Waals surface area (Å²) in [6.07, 6.45) is 2.53. The van der Waals surface area contributed by atoms with Gasteiger partial charge in [0.15, 0.2) is 11.5 Å². The Morgan fingerprint density at radius 3 is 2.77 bits per heavy atom. The average molecular weight is 360 g/mol. The highest BCUT2D eigenvalue weighted by Gasteiger charge is 2.35. The number of likely N-dealkylation sites (tertiary alicyclic amines) is 1. The zero-order valence-corrected chi connectivity index (χ0v) is 15.5. The Labute approximate surface area is 155 Å². The lowest BCUT2D eigenvalue weighted by atomic mass is 9.76. The summed E-state index contributed by atoms with van der Waals surface area (Å²) in [5, 5.41) is 0. The second-order valence-corrected chi connectivity index (χ2v) is 7.94. The van der Waals surface area contributed by atoms with Crippen LogP contribution < -0.4 is 9.47 Å². The molecule has 3 aliphatic heterocycles. The molecule has 3 aliphatic rings. The number of nitrogens with zero attached hydrogens (tertiary/aromatic N) is 2. The number of morpholine rings is 1. The molecule has 1 amide bonds. The van der Waals surface area contributed by atoms with Gasteiger partial charge in [0.25, 0.3) is 0 Å². The lowest BCUT2D eigenvalue weighted by Gasteiger charge is -2.41. The fraction of sp³-hybridized carbons (Fsp3) is 0.650. The summed E-state index contributed by atoms with van der Waals surface area (Å²) in [5.41, 5.74) is 1.35. The van der Waals surface area contributed by atoms with E-state index in [0.29, 0.717) is 19.1 Å². The molecule has 6 nitrogen and oxygen atoms in total. The first-order valence-electron chi connectivity index (χ1n) is 9.58. The fourth-order valence-electron chi connectivity index (χ4n) is 4.17. The maximum Gasteiger partial charge on any atom is 0.231 e. The van der Waals surface area contributed by atoms with Gasteiger partial charge in [-0.25, -0.2) is 0 Å². The highest BCUT2D eigenvalue weighted by Crippen LogP contribution is 2.37. The fourth-order valence-corrected chi connectivity index (χ4v) is 4.17. The van der Waals surface area contributed by atoms with E-state index in [1.165, 1.54) is 5.56 Å². The number of amides is 1. The van der Waals surface area contributed by atoms with Gasteiger partial charge in [0.05, 0.1) is 13.2 Å². The molecule has 0 unspecified atom stereocenters. The molecular weight excluding hydrogens is 332 g/mol. The maximum absolute atomic E-state index is 12.4. The lowest BCUT2D eigenvalue weighted by molar-refractivity contribution is -0.137. The van der Waals surface area contributed by atoms with Gasteiger partial charge >= 0.3 is 0 Å². The van der Waals surface area contributed by atoms with Crippen molar-refractivity contribution in [2.45, 2.75) is 26.2 Å². The summed E-state index contributed by atoms with van der Waals surface area (Å²) < 4.78 is 16.3. The zero-order chi connectivity index (χ0) is 18.0. The number of ether oxygens (including phenoxy) is 3. The van der Waals surface area contributed by atoms with E-state index >= 15 is 0 Å². The predicted molar refractivity (Wildman–Crippen MR) is 97.4 cm³/mol. The lowest BCUT2D eigenvalue weighted by Crippen LogP contribution is -2.49. The van der Waals surface area contributed by atoms with Gasteiger partial charge in [-0.3, -0.25) is 9.69 Å². The molecule has 0 saturated carbocycles. The van der Waals surface area contributed by atoms with Crippen molar-refractivity contribution >= 4 is 5.91 Å². The molecule has 2 fully saturated rings. The first kappa shape index (κ1) is 17.6. The van der Waals surface area contributed by atoms with Crippen LogP contribution >= 0.6 is 0 Å². The van der Waals surface area contributed by atoms with E-state index in [9.17, 15) is 4.79 Å². The zero-order valence-electron chi connectivity index (χ0n) is 15.5. The van der Waals surface area contributed by atoms with Gasteiger partial charge in [-0.05, 0) is 36.0 Å². The topological polar surface area (TPSA) is 51.2 Å². The number of hydrogen-bond acceptors (Lipinski definition) is 5. The summed E-state index contributed by atoms with van der Waals surface area (Å²) >= 11 is 0. The summed E-state index contributed by atoms with van der Waals surface area (Å²) in [6.45, 7) is 8.72. The van der Waals surface area contributed by atoms with Crippen LogP contribution in [0, 0.1) is 5.41 Å². The van der Waals surface area contributed by atoms with Crippen LogP contribution in [0.4, 0.5) is 0 Å². The van der Waals surface area contributed by atoms with Crippen molar-refractivity contribution in [3.05, 3.63) is 23.8 Å². The Kier molecular flexibility index (Phi) is 5.05. The Hall–Kier alpha value is -1.79. The van der Waals surface area contributed by atoms with Crippen LogP contribution in [0.5, 0.6) is 11.5 Å². The van der Waals surface area contributed by atoms with E-state index in [1.807, 2.05) is 6.07 Å². The van der Waals surface area contributed by atoms with Gasteiger partial charge < -0.3 is 19.1 Å². The minimum absolute atomic E-state index is 0.104. The summed E-state index contributed by atoms with van der Waals surface area (Å²) in [7, 11) is 0. The van der Waals surface area contributed by atoms with Crippen molar-refractivity contribution in [1.29, 1.82) is 0 Å². The molecule has 1 atom stereocenters. The largest absolute Gasteiger partial charge is 0.454 e. The smallest absolute Gasteiger partial charge is 0.231 e. The molecule has 0 aromatic heterocycles. The van der Waals surface area contributed by atoms with Crippen LogP contribution in [-0.2, 0) is 16.0 Å². The number of hydrogen-bond donors (Lipinski definition) is 0. The number of rotatable bonds is 5. The molecule has 1 aromatic rings. The minimum atomic E-state index is 0.104. The quantitative estimate of drug-likeness (QED) is 0.803. The molecule has 2 saturated heterocycles. The summed E-state index contributed by atoms with van der Waals surface area (Å²) in [6, 6.07) is 6.19. The standard InChI is InChI=1S/C20H28N2O4/c1-20(13-16-2-3-17-18(12-16)26-15-25-17)5-4-19(23)22(14-20)7-6-21-8-10-24-11-9-21/h2-3,12H,4-11,13-15H2,1H3/t20-/m0/s1. The number of piperidine rings is 1. The first-order valence-corrected chi connectivity index (χ1v) is 9.58. The Morgan fingerprint density at radius 1 is 1.12 bits per heavy atom. The van der Waals surface area contributed by atoms with E-state index in [-0.39, 0.29) is 5.41 Å². The summed E-state index contributed by atoms with van der Waals surface area (Å²) in [4.78, 5) is 16.9. The van der Waals surface area contributed by atoms with Gasteiger partial charge in [-0.1, -0.05) is 13.0 Å². The number of carbonyl (C=O) groups excluding carboxylic acids is 1. The van der Waals surface area contributed by atoms with E-state index < -0.39 is 0 Å². The molecular formula is C20H28N2O4. The SMILES string of the molecule is C[C@@]1(Cc2ccc3c(c2)OCO3)CCC(=O)N(CCN2CCOCC2)C1. The van der Waals surface area contributed by atoms with Crippen molar-refractivity contribution in [3.63, 3.8) is 0 Å². The number of carbonyl (C=O) groups is 1. The van der Waals surface area contributed by atoms with Crippen LogP contribution in [0.15, 0.2) is 18.2 Å². The second-order valence-electron chi connectivity index (χ2n) is 7.94. The van der Waals surface area contributed by atoms with Gasteiger partial charge in [0.2, 0.25) is 12.7 Å². The van der Waals surface area contributed by atoms with Crippen molar-refractivity contribution in [3.8, 4) is 11.5 Å². The molecule has 3 heterocycles. The van der Waals surface area contributed by atoms with Crippen LogP contribution in [0.25, 0.3) is 0 Å². The van der Waals surface area contributed by atoms with Crippen molar-refractivity contribution < 1.29 is 19.0 Å². The molecule has 0 radical (unpaired) electrons. The number of fused-ring (bicyclic) bond motifs is 1. The van der Waals surface area contributed by atoms with Gasteiger partial charge in [0.1, 0.15) is 0 Å². The van der Waals surface area contributed by atoms with Gasteiger partial charge in [-0.15, -0.1) is 0 Å². The second kappa shape index (κ2) is 7.45. The molecule has 0 N–H and O–H groups in total. The average Bonchev–Trinajstić information content (AvgIpc) is 3.11. The Morgan fingerprint density at radius 2 is 1.92 bits per heavy atom. The third kappa shape index (κ3) is 3.96. The molecule has 0 spiro atoms. The van der Waals surface area contributed by atoms with E-state index in [2.05, 4.69) is 28.9 Å². The molecule has 142 valence electrons. The maximum atomic E-state index is 12.4. The van der Waals surface area contributed by atoms with Crippen molar-refractivity contribution in [2.24, 2.45) is 5.41 Å². The third-order valence-electron chi connectivity index (χ3n) is 5.73. The monoisotopic (exact) mass is 360 g/mol. The van der Waals surface area contributed by atoms with Crippen molar-refractivity contribution in [2.75, 3.05) is 52.7 Å². The molecule has 6 heteroatoms. The molecule has 0 bridgehead atoms. The van der Waals surface area contributed by atoms with E-state index in [0.717, 1.165) is 70.3 Å². The molecule has 1 aromatic carbocycles. The molecule has 4 rings (SSSR count). The van der Waals surface area contributed by atoms with Crippen LogP contribution in [0.3, 0.4) is 0 Å². The highest BCUT2D eigenvalue weighted by molar-refractivity contribution is 5.77. The predicted octanol–water partition coefficient (Wildman–Crippen LogP) is 1.92. The molecule has 26 heavy (non-hydrogen) atoms. The van der Waals surface area contributed by atoms with Gasteiger partial charge in [0, 0.05) is 39.1 Å².